The molecule has 2 aromatic carbocycles. The number of fused-ring (bicyclic) bond motifs is 1. The number of aromatic nitrogens is 3. The van der Waals surface area contributed by atoms with E-state index in [9.17, 15) is 13.6 Å². The van der Waals surface area contributed by atoms with Gasteiger partial charge in [-0.15, -0.1) is 0 Å². The van der Waals surface area contributed by atoms with Gasteiger partial charge >= 0.3 is 0 Å². The number of unbranched alkanes of at least 4 members (excludes halogenated alkanes) is 2. The standard InChI is InChI=1S/C26H24F2N4O.C9H21N.C2H6/c1-14(2)29-16(4)18-10-9-15(3)20(13-18)24-19-11-12-23(33)32(26(19)31-17(5)30-24)25-21(27)7-6-8-22(25)28;1-4-7-8-9-10(5-2)6-3;1-2/h6-14,29H,4H2,1-3,5H3;4-9H2,1-3H3;1-2H3. The summed E-state index contributed by atoms with van der Waals surface area (Å²) in [7, 11) is 0. The van der Waals surface area contributed by atoms with Crippen LogP contribution in [0.25, 0.3) is 33.7 Å². The molecule has 0 saturated heterocycles. The Balaban J connectivity index is 0.000000503. The topological polar surface area (TPSA) is 63.1 Å². The second-order valence-corrected chi connectivity index (χ2v) is 11.0. The lowest BCUT2D eigenvalue weighted by molar-refractivity contribution is 0.296. The van der Waals surface area contributed by atoms with Crippen molar-refractivity contribution in [3.8, 4) is 16.9 Å². The van der Waals surface area contributed by atoms with Crippen LogP contribution in [-0.4, -0.2) is 45.1 Å². The van der Waals surface area contributed by atoms with E-state index in [2.05, 4.69) is 47.5 Å². The molecule has 0 unspecified atom stereocenters. The summed E-state index contributed by atoms with van der Waals surface area (Å²) in [5.41, 5.74) is 3.08. The van der Waals surface area contributed by atoms with Gasteiger partial charge in [0.2, 0.25) is 0 Å². The van der Waals surface area contributed by atoms with Gasteiger partial charge in [-0.2, -0.15) is 0 Å². The van der Waals surface area contributed by atoms with Crippen LogP contribution in [0.3, 0.4) is 0 Å². The molecule has 45 heavy (non-hydrogen) atoms. The first-order valence-corrected chi connectivity index (χ1v) is 16.2. The zero-order chi connectivity index (χ0) is 33.7. The van der Waals surface area contributed by atoms with E-state index in [1.165, 1.54) is 51.0 Å². The summed E-state index contributed by atoms with van der Waals surface area (Å²) in [5, 5.41) is 3.81. The fraction of sp³-hybridized carbons (Fsp3) is 0.432. The van der Waals surface area contributed by atoms with Crippen LogP contribution in [0.5, 0.6) is 0 Å². The number of benzene rings is 2. The summed E-state index contributed by atoms with van der Waals surface area (Å²) in [4.78, 5) is 24.3. The lowest BCUT2D eigenvalue weighted by Crippen LogP contribution is -2.23. The lowest BCUT2D eigenvalue weighted by atomic mass is 9.98. The van der Waals surface area contributed by atoms with Crippen molar-refractivity contribution in [2.24, 2.45) is 0 Å². The Kier molecular flexibility index (Phi) is 15.0. The van der Waals surface area contributed by atoms with Crippen molar-refractivity contribution in [3.63, 3.8) is 0 Å². The molecule has 4 rings (SSSR count). The highest BCUT2D eigenvalue weighted by Gasteiger charge is 2.20. The third kappa shape index (κ3) is 9.79. The molecule has 0 amide bonds. The molecule has 0 aliphatic carbocycles. The van der Waals surface area contributed by atoms with Gasteiger partial charge in [-0.05, 0) is 89.1 Å². The van der Waals surface area contributed by atoms with Crippen molar-refractivity contribution < 1.29 is 8.78 Å². The minimum atomic E-state index is -0.850. The van der Waals surface area contributed by atoms with Gasteiger partial charge in [-0.3, -0.25) is 9.36 Å². The Hall–Kier alpha value is -3.91. The van der Waals surface area contributed by atoms with Gasteiger partial charge < -0.3 is 10.2 Å². The highest BCUT2D eigenvalue weighted by molar-refractivity contribution is 5.92. The average molecular weight is 620 g/mol. The maximum Gasteiger partial charge on any atom is 0.256 e. The molecule has 1 N–H and O–H groups in total. The maximum atomic E-state index is 14.6. The minimum absolute atomic E-state index is 0.137. The maximum absolute atomic E-state index is 14.6. The molecular weight excluding hydrogens is 568 g/mol. The van der Waals surface area contributed by atoms with E-state index in [0.29, 0.717) is 16.9 Å². The monoisotopic (exact) mass is 619 g/mol. The van der Waals surface area contributed by atoms with Gasteiger partial charge in [0.25, 0.3) is 5.56 Å². The molecule has 0 fully saturated rings. The van der Waals surface area contributed by atoms with Gasteiger partial charge in [0.15, 0.2) is 5.65 Å². The normalized spacial score (nSPS) is 10.8. The van der Waals surface area contributed by atoms with E-state index < -0.39 is 22.9 Å². The third-order valence-electron chi connectivity index (χ3n) is 7.30. The van der Waals surface area contributed by atoms with Gasteiger partial charge in [-0.1, -0.05) is 72.2 Å². The molecule has 2 aromatic heterocycles. The Labute approximate surface area is 268 Å². The summed E-state index contributed by atoms with van der Waals surface area (Å²) in [6.45, 7) is 26.2. The van der Waals surface area contributed by atoms with Crippen LogP contribution in [0.2, 0.25) is 0 Å². The highest BCUT2D eigenvalue weighted by atomic mass is 19.1. The molecule has 0 aliphatic heterocycles. The van der Waals surface area contributed by atoms with Crippen molar-refractivity contribution in [2.75, 3.05) is 19.6 Å². The molecule has 6 nitrogen and oxygen atoms in total. The highest BCUT2D eigenvalue weighted by Crippen LogP contribution is 2.31. The van der Waals surface area contributed by atoms with Gasteiger partial charge in [0.05, 0.1) is 5.69 Å². The molecule has 0 radical (unpaired) electrons. The number of nitrogens with one attached hydrogen (secondary N) is 1. The molecule has 0 spiro atoms. The first-order valence-electron chi connectivity index (χ1n) is 16.2. The lowest BCUT2D eigenvalue weighted by Gasteiger charge is -2.17. The second-order valence-electron chi connectivity index (χ2n) is 11.0. The van der Waals surface area contributed by atoms with E-state index in [-0.39, 0.29) is 11.7 Å². The fourth-order valence-electron chi connectivity index (χ4n) is 4.97. The van der Waals surface area contributed by atoms with Crippen LogP contribution in [0.1, 0.15) is 84.7 Å². The van der Waals surface area contributed by atoms with Crippen molar-refractivity contribution in [1.29, 1.82) is 0 Å². The number of para-hydroxylation sites is 1. The Bertz CT molecular complexity index is 1590. The van der Waals surface area contributed by atoms with E-state index in [0.717, 1.165) is 39.1 Å². The van der Waals surface area contributed by atoms with Crippen LogP contribution in [-0.2, 0) is 0 Å². The zero-order valence-corrected chi connectivity index (χ0v) is 28.6. The predicted octanol–water partition coefficient (Wildman–Crippen LogP) is 8.86. The van der Waals surface area contributed by atoms with Crippen LogP contribution in [0.4, 0.5) is 8.78 Å². The Morgan fingerprint density at radius 3 is 2.18 bits per heavy atom. The summed E-state index contributed by atoms with van der Waals surface area (Å²) >= 11 is 0. The molecule has 8 heteroatoms. The Morgan fingerprint density at radius 1 is 0.956 bits per heavy atom. The van der Waals surface area contributed by atoms with Crippen LogP contribution in [0, 0.1) is 25.5 Å². The quantitative estimate of drug-likeness (QED) is 0.170. The number of nitrogens with zero attached hydrogens (tertiary/aromatic N) is 4. The molecule has 244 valence electrons. The van der Waals surface area contributed by atoms with E-state index in [4.69, 9.17) is 0 Å². The van der Waals surface area contributed by atoms with Crippen molar-refractivity contribution in [1.82, 2.24) is 24.8 Å². The Morgan fingerprint density at radius 2 is 1.60 bits per heavy atom. The summed E-state index contributed by atoms with van der Waals surface area (Å²) in [6, 6.07) is 12.5. The number of halogens is 2. The van der Waals surface area contributed by atoms with E-state index in [1.807, 2.05) is 52.8 Å². The zero-order valence-electron chi connectivity index (χ0n) is 28.6. The number of rotatable bonds is 11. The summed E-state index contributed by atoms with van der Waals surface area (Å²) < 4.78 is 30.2. The average Bonchev–Trinajstić information content (AvgIpc) is 3.01. The molecule has 0 atom stereocenters. The fourth-order valence-corrected chi connectivity index (χ4v) is 4.97. The smallest absolute Gasteiger partial charge is 0.256 e. The summed E-state index contributed by atoms with van der Waals surface area (Å²) in [6.07, 6.45) is 4.09. The number of pyridine rings is 1. The molecule has 2 heterocycles. The van der Waals surface area contributed by atoms with Crippen LogP contribution >= 0.6 is 0 Å². The van der Waals surface area contributed by atoms with Crippen molar-refractivity contribution >= 4 is 16.7 Å². The van der Waals surface area contributed by atoms with Gasteiger partial charge in [0, 0.05) is 28.8 Å². The first-order chi connectivity index (χ1) is 21.5. The number of hydrogen-bond donors (Lipinski definition) is 1. The van der Waals surface area contributed by atoms with E-state index >= 15 is 0 Å². The van der Waals surface area contributed by atoms with Crippen LogP contribution in [0.15, 0.2) is 59.9 Å². The largest absolute Gasteiger partial charge is 0.383 e. The molecular formula is C37H51F2N5O. The number of aryl methyl sites for hydroxylation is 2. The SMILES string of the molecule is C=C(NC(C)C)c1ccc(C)c(-c2nc(C)nc3c2ccc(=O)n3-c2c(F)cccc2F)c1.CC.CCCCCN(CC)CC. The van der Waals surface area contributed by atoms with Gasteiger partial charge in [-0.25, -0.2) is 18.7 Å². The van der Waals surface area contributed by atoms with Crippen LogP contribution < -0.4 is 10.9 Å². The third-order valence-corrected chi connectivity index (χ3v) is 7.30. The predicted molar refractivity (Wildman–Crippen MR) is 186 cm³/mol. The molecule has 0 bridgehead atoms. The molecule has 0 aliphatic rings. The van der Waals surface area contributed by atoms with Crippen molar-refractivity contribution in [2.45, 2.75) is 87.6 Å². The first kappa shape index (κ1) is 37.3. The van der Waals surface area contributed by atoms with Gasteiger partial charge in [0.1, 0.15) is 23.1 Å². The summed E-state index contributed by atoms with van der Waals surface area (Å²) in [5.74, 6) is -1.33. The minimum Gasteiger partial charge on any atom is -0.383 e. The van der Waals surface area contributed by atoms with Crippen molar-refractivity contribution in [3.05, 3.63) is 94.0 Å². The van der Waals surface area contributed by atoms with E-state index in [1.54, 1.807) is 13.0 Å². The molecule has 0 saturated carbocycles. The molecule has 4 aromatic rings. The second kappa shape index (κ2) is 18.2. The number of hydrogen-bond acceptors (Lipinski definition) is 5.